The maximum absolute atomic E-state index is 6.27. The lowest BCUT2D eigenvalue weighted by Gasteiger charge is -2.32. The second kappa shape index (κ2) is 3.66. The van der Waals surface area contributed by atoms with Gasteiger partial charge < -0.3 is 0 Å². The molecule has 68 valence electrons. The molecule has 1 aliphatic rings. The molecule has 0 aromatic rings. The normalized spacial score (nSPS) is 31.5. The highest BCUT2D eigenvalue weighted by atomic mass is 35.5. The van der Waals surface area contributed by atoms with Crippen molar-refractivity contribution in [3.8, 4) is 0 Å². The van der Waals surface area contributed by atoms with Gasteiger partial charge in [-0.3, -0.25) is 0 Å². The lowest BCUT2D eigenvalue weighted by molar-refractivity contribution is 0.387. The van der Waals surface area contributed by atoms with Gasteiger partial charge in [0.15, 0.2) is 0 Å². The van der Waals surface area contributed by atoms with Gasteiger partial charge in [-0.25, -0.2) is 0 Å². The van der Waals surface area contributed by atoms with Crippen LogP contribution in [0.1, 0.15) is 33.6 Å². The first-order valence-corrected chi connectivity index (χ1v) is 5.01. The summed E-state index contributed by atoms with van der Waals surface area (Å²) in [6.07, 6.45) is 8.67. The minimum Gasteiger partial charge on any atom is -0.122 e. The van der Waals surface area contributed by atoms with Crippen molar-refractivity contribution in [2.75, 3.05) is 0 Å². The van der Waals surface area contributed by atoms with Crippen LogP contribution in [0.2, 0.25) is 0 Å². The fourth-order valence-corrected chi connectivity index (χ4v) is 1.98. The quantitative estimate of drug-likeness (QED) is 0.571. The number of hydrogen-bond donors (Lipinski definition) is 0. The third kappa shape index (κ3) is 1.92. The summed E-state index contributed by atoms with van der Waals surface area (Å²) in [7, 11) is 0. The van der Waals surface area contributed by atoms with Gasteiger partial charge in [-0.15, -0.1) is 11.6 Å². The molecule has 0 saturated carbocycles. The van der Waals surface area contributed by atoms with Crippen LogP contribution in [-0.4, -0.2) is 5.38 Å². The highest BCUT2D eigenvalue weighted by molar-refractivity contribution is 6.21. The Morgan fingerprint density at radius 2 is 2.33 bits per heavy atom. The Kier molecular flexibility index (Phi) is 3.00. The molecule has 1 rings (SSSR count). The van der Waals surface area contributed by atoms with Gasteiger partial charge in [-0.1, -0.05) is 37.6 Å². The molecule has 0 radical (unpaired) electrons. The predicted molar refractivity (Wildman–Crippen MR) is 55.6 cm³/mol. The molecule has 12 heavy (non-hydrogen) atoms. The Labute approximate surface area is 80.3 Å². The summed E-state index contributed by atoms with van der Waals surface area (Å²) in [5, 5.41) is 0.261. The van der Waals surface area contributed by atoms with Gasteiger partial charge in [0.05, 0.1) is 0 Å². The summed E-state index contributed by atoms with van der Waals surface area (Å²) in [5.74, 6) is 0. The molecule has 0 N–H and O–H groups in total. The summed E-state index contributed by atoms with van der Waals surface area (Å²) in [6, 6.07) is 0. The second-order valence-corrected chi connectivity index (χ2v) is 4.46. The smallest absolute Gasteiger partial charge is 0.0424 e. The number of hydrogen-bond acceptors (Lipinski definition) is 0. The van der Waals surface area contributed by atoms with E-state index in [1.54, 1.807) is 0 Å². The van der Waals surface area contributed by atoms with Crippen molar-refractivity contribution >= 4 is 11.6 Å². The van der Waals surface area contributed by atoms with E-state index in [2.05, 4.69) is 39.0 Å². The van der Waals surface area contributed by atoms with Crippen molar-refractivity contribution in [3.05, 3.63) is 23.8 Å². The van der Waals surface area contributed by atoms with Crippen molar-refractivity contribution in [3.63, 3.8) is 0 Å². The van der Waals surface area contributed by atoms with E-state index in [9.17, 15) is 0 Å². The summed E-state index contributed by atoms with van der Waals surface area (Å²) in [5.41, 5.74) is 1.61. The van der Waals surface area contributed by atoms with Gasteiger partial charge >= 0.3 is 0 Å². The van der Waals surface area contributed by atoms with Gasteiger partial charge in [0.2, 0.25) is 0 Å². The minimum absolute atomic E-state index is 0.176. The number of rotatable bonds is 2. The van der Waals surface area contributed by atoms with Crippen LogP contribution in [0.4, 0.5) is 0 Å². The van der Waals surface area contributed by atoms with E-state index in [4.69, 9.17) is 11.6 Å². The average Bonchev–Trinajstić information content (AvgIpc) is 2.02. The molecule has 0 bridgehead atoms. The van der Waals surface area contributed by atoms with Crippen molar-refractivity contribution in [1.82, 2.24) is 0 Å². The molecule has 2 atom stereocenters. The standard InChI is InChI=1S/C11H17Cl/c1-4-10(12)11(3)7-5-6-9(2)8-11/h5-7,10H,4,8H2,1-3H3/t10-,11+/m1/s1. The van der Waals surface area contributed by atoms with Gasteiger partial charge in [0.1, 0.15) is 0 Å². The van der Waals surface area contributed by atoms with E-state index in [0.717, 1.165) is 12.8 Å². The van der Waals surface area contributed by atoms with Crippen LogP contribution >= 0.6 is 11.6 Å². The molecule has 0 aliphatic heterocycles. The minimum atomic E-state index is 0.176. The Morgan fingerprint density at radius 3 is 2.83 bits per heavy atom. The van der Waals surface area contributed by atoms with Crippen molar-refractivity contribution in [1.29, 1.82) is 0 Å². The zero-order valence-electron chi connectivity index (χ0n) is 8.10. The Bertz CT molecular complexity index is 215. The van der Waals surface area contributed by atoms with Crippen molar-refractivity contribution in [2.45, 2.75) is 39.0 Å². The van der Waals surface area contributed by atoms with Crippen LogP contribution in [-0.2, 0) is 0 Å². The molecule has 1 aliphatic carbocycles. The van der Waals surface area contributed by atoms with Gasteiger partial charge in [-0.2, -0.15) is 0 Å². The van der Waals surface area contributed by atoms with Crippen molar-refractivity contribution < 1.29 is 0 Å². The number of allylic oxidation sites excluding steroid dienone is 4. The summed E-state index contributed by atoms with van der Waals surface area (Å²) in [4.78, 5) is 0. The van der Waals surface area contributed by atoms with E-state index >= 15 is 0 Å². The molecule has 0 fully saturated rings. The topological polar surface area (TPSA) is 0 Å². The summed E-state index contributed by atoms with van der Waals surface area (Å²) >= 11 is 6.27. The zero-order valence-corrected chi connectivity index (χ0v) is 8.86. The molecule has 0 unspecified atom stereocenters. The molecular formula is C11H17Cl. The SMILES string of the molecule is CC[C@@H](Cl)[C@@]1(C)C=CC=C(C)C1. The molecule has 1 heteroatoms. The van der Waals surface area contributed by atoms with E-state index in [1.165, 1.54) is 5.57 Å². The highest BCUT2D eigenvalue weighted by Crippen LogP contribution is 2.38. The molecule has 0 aromatic heterocycles. The van der Waals surface area contributed by atoms with Crippen LogP contribution in [0, 0.1) is 5.41 Å². The first-order valence-electron chi connectivity index (χ1n) is 4.57. The third-order valence-electron chi connectivity index (χ3n) is 2.59. The lowest BCUT2D eigenvalue weighted by Crippen LogP contribution is -2.27. The van der Waals surface area contributed by atoms with E-state index < -0.39 is 0 Å². The second-order valence-electron chi connectivity index (χ2n) is 3.93. The van der Waals surface area contributed by atoms with Crippen LogP contribution < -0.4 is 0 Å². The van der Waals surface area contributed by atoms with E-state index in [1.807, 2.05) is 0 Å². The molecule has 0 spiro atoms. The average molecular weight is 185 g/mol. The van der Waals surface area contributed by atoms with Gasteiger partial charge in [-0.05, 0) is 19.8 Å². The molecule has 0 heterocycles. The van der Waals surface area contributed by atoms with Crippen LogP contribution in [0.3, 0.4) is 0 Å². The molecule has 0 saturated heterocycles. The third-order valence-corrected chi connectivity index (χ3v) is 3.40. The largest absolute Gasteiger partial charge is 0.122 e. The molecule has 0 nitrogen and oxygen atoms in total. The Hall–Kier alpha value is -0.230. The Balaban J connectivity index is 2.75. The van der Waals surface area contributed by atoms with Crippen LogP contribution in [0.15, 0.2) is 23.8 Å². The van der Waals surface area contributed by atoms with E-state index in [0.29, 0.717) is 0 Å². The molecule has 0 aromatic carbocycles. The number of halogens is 1. The number of alkyl halides is 1. The van der Waals surface area contributed by atoms with Crippen LogP contribution in [0.5, 0.6) is 0 Å². The Morgan fingerprint density at radius 1 is 1.67 bits per heavy atom. The molecular weight excluding hydrogens is 168 g/mol. The highest BCUT2D eigenvalue weighted by Gasteiger charge is 2.30. The summed E-state index contributed by atoms with van der Waals surface area (Å²) < 4.78 is 0. The summed E-state index contributed by atoms with van der Waals surface area (Å²) in [6.45, 7) is 6.55. The van der Waals surface area contributed by atoms with Crippen LogP contribution in [0.25, 0.3) is 0 Å². The fourth-order valence-electron chi connectivity index (χ4n) is 1.83. The first kappa shape index (κ1) is 9.85. The maximum Gasteiger partial charge on any atom is 0.0424 e. The predicted octanol–water partition coefficient (Wildman–Crippen LogP) is 3.92. The van der Waals surface area contributed by atoms with Gasteiger partial charge in [0.25, 0.3) is 0 Å². The zero-order chi connectivity index (χ0) is 9.19. The molecule has 0 amide bonds. The first-order chi connectivity index (χ1) is 5.58. The monoisotopic (exact) mass is 184 g/mol. The maximum atomic E-state index is 6.27. The lowest BCUT2D eigenvalue weighted by atomic mass is 9.77. The van der Waals surface area contributed by atoms with E-state index in [-0.39, 0.29) is 10.8 Å². The van der Waals surface area contributed by atoms with Gasteiger partial charge in [0, 0.05) is 10.8 Å². The van der Waals surface area contributed by atoms with Crippen molar-refractivity contribution in [2.24, 2.45) is 5.41 Å². The fraction of sp³-hybridized carbons (Fsp3) is 0.636.